The minimum absolute atomic E-state index is 0.0737. The van der Waals surface area contributed by atoms with Crippen LogP contribution in [0.25, 0.3) is 0 Å². The number of hydrogen-bond acceptors (Lipinski definition) is 8. The molecule has 152 valence electrons. The zero-order valence-corrected chi connectivity index (χ0v) is 17.0. The molecule has 0 amide bonds. The van der Waals surface area contributed by atoms with E-state index in [1.54, 1.807) is 31.3 Å². The van der Waals surface area contributed by atoms with Gasteiger partial charge in [0.2, 0.25) is 0 Å². The predicted octanol–water partition coefficient (Wildman–Crippen LogP) is 2.84. The van der Waals surface area contributed by atoms with E-state index in [2.05, 4.69) is 20.0 Å². The minimum atomic E-state index is -1.38. The van der Waals surface area contributed by atoms with Gasteiger partial charge in [-0.3, -0.25) is 5.41 Å². The van der Waals surface area contributed by atoms with Crippen LogP contribution in [-0.2, 0) is 11.0 Å². The Morgan fingerprint density at radius 2 is 2.10 bits per heavy atom. The molecule has 2 aromatic heterocycles. The third-order valence-electron chi connectivity index (χ3n) is 3.90. The molecular weight excluding hydrogens is 392 g/mol. The van der Waals surface area contributed by atoms with Gasteiger partial charge < -0.3 is 20.2 Å². The Kier molecular flexibility index (Phi) is 6.25. The first-order valence-electron chi connectivity index (χ1n) is 8.79. The summed E-state index contributed by atoms with van der Waals surface area (Å²) in [5.41, 5.74) is 7.56. The van der Waals surface area contributed by atoms with Gasteiger partial charge in [-0.05, 0) is 45.2 Å². The highest BCUT2D eigenvalue weighted by Crippen LogP contribution is 2.32. The molecule has 9 nitrogen and oxygen atoms in total. The number of rotatable bonds is 8. The molecule has 0 bridgehead atoms. The Balaban J connectivity index is 2.06. The minimum Gasteiger partial charge on any atom is -0.489 e. The molecule has 0 aliphatic rings. The monoisotopic (exact) mass is 414 g/mol. The van der Waals surface area contributed by atoms with Crippen molar-refractivity contribution in [2.24, 2.45) is 0 Å². The summed E-state index contributed by atoms with van der Waals surface area (Å²) in [6, 6.07) is 6.81. The third kappa shape index (κ3) is 4.61. The largest absolute Gasteiger partial charge is 0.489 e. The van der Waals surface area contributed by atoms with E-state index in [9.17, 15) is 4.21 Å². The molecule has 0 saturated carbocycles. The highest BCUT2D eigenvalue weighted by molar-refractivity contribution is 7.83. The lowest BCUT2D eigenvalue weighted by molar-refractivity contribution is 0.243. The van der Waals surface area contributed by atoms with Gasteiger partial charge in [-0.1, -0.05) is 0 Å². The van der Waals surface area contributed by atoms with Gasteiger partial charge >= 0.3 is 0 Å². The molecule has 0 aliphatic carbocycles. The van der Waals surface area contributed by atoms with E-state index in [4.69, 9.17) is 20.3 Å². The maximum atomic E-state index is 12.2. The highest BCUT2D eigenvalue weighted by Gasteiger charge is 2.19. The first kappa shape index (κ1) is 20.5. The number of ether oxygens (including phenoxy) is 1. The van der Waals surface area contributed by atoms with Crippen molar-refractivity contribution in [3.05, 3.63) is 54.2 Å². The van der Waals surface area contributed by atoms with Crippen LogP contribution in [0.5, 0.6) is 5.75 Å². The van der Waals surface area contributed by atoms with Gasteiger partial charge in [-0.15, -0.1) is 0 Å². The summed E-state index contributed by atoms with van der Waals surface area (Å²) < 4.78 is 25.8. The van der Waals surface area contributed by atoms with Crippen LogP contribution in [0.4, 0.5) is 17.3 Å². The second kappa shape index (κ2) is 8.84. The third-order valence-corrected chi connectivity index (χ3v) is 4.96. The molecule has 0 spiro atoms. The lowest BCUT2D eigenvalue weighted by Gasteiger charge is -2.18. The maximum absolute atomic E-state index is 12.2. The Labute approximate surface area is 170 Å². The summed E-state index contributed by atoms with van der Waals surface area (Å²) >= 11 is 0. The molecule has 1 aromatic carbocycles. The van der Waals surface area contributed by atoms with Crippen molar-refractivity contribution in [3.63, 3.8) is 0 Å². The SMILES string of the molecule is CNS(=O)c1ccc(OC(C)C)c(Nc2ncnc(N)c2C(=N)c2ccoc2)c1. The first-order chi connectivity index (χ1) is 13.9. The summed E-state index contributed by atoms with van der Waals surface area (Å²) in [5.74, 6) is 1.02. The van der Waals surface area contributed by atoms with Crippen molar-refractivity contribution in [2.45, 2.75) is 24.8 Å². The van der Waals surface area contributed by atoms with Gasteiger partial charge in [0.15, 0.2) is 0 Å². The number of hydrogen-bond donors (Lipinski definition) is 4. The summed E-state index contributed by atoms with van der Waals surface area (Å²) in [6.45, 7) is 3.82. The number of furan rings is 1. The van der Waals surface area contributed by atoms with Crippen molar-refractivity contribution in [2.75, 3.05) is 18.1 Å². The van der Waals surface area contributed by atoms with Crippen LogP contribution >= 0.6 is 0 Å². The fourth-order valence-electron chi connectivity index (χ4n) is 2.62. The Hall–Kier alpha value is -3.24. The molecule has 0 saturated heterocycles. The summed E-state index contributed by atoms with van der Waals surface area (Å²) in [5, 5.41) is 11.7. The van der Waals surface area contributed by atoms with Crippen LogP contribution in [-0.4, -0.2) is 33.0 Å². The lowest BCUT2D eigenvalue weighted by atomic mass is 10.1. The number of anilines is 3. The van der Waals surface area contributed by atoms with Crippen LogP contribution in [0.1, 0.15) is 25.0 Å². The van der Waals surface area contributed by atoms with Crippen LogP contribution in [0.2, 0.25) is 0 Å². The summed E-state index contributed by atoms with van der Waals surface area (Å²) in [6.07, 6.45) is 4.16. The normalized spacial score (nSPS) is 12.0. The van der Waals surface area contributed by atoms with E-state index in [0.29, 0.717) is 33.3 Å². The molecule has 10 heteroatoms. The van der Waals surface area contributed by atoms with Gasteiger partial charge in [0.05, 0.1) is 40.5 Å². The molecular formula is C19H22N6O3S. The fourth-order valence-corrected chi connectivity index (χ4v) is 3.27. The van der Waals surface area contributed by atoms with Crippen molar-refractivity contribution < 1.29 is 13.4 Å². The average Bonchev–Trinajstić information content (AvgIpc) is 3.23. The number of nitrogens with two attached hydrogens (primary N) is 1. The average molecular weight is 414 g/mol. The van der Waals surface area contributed by atoms with Crippen LogP contribution < -0.4 is 20.5 Å². The Morgan fingerprint density at radius 1 is 1.31 bits per heavy atom. The standard InChI is InChI=1S/C19H22N6O3S/c1-11(2)28-15-5-4-13(29(26)22-3)8-14(15)25-19-16(18(21)23-10-24-19)17(20)12-6-7-27-9-12/h4-11,20,22H,1-3H3,(H3,21,23,24,25). The van der Waals surface area contributed by atoms with Crippen molar-refractivity contribution in [1.29, 1.82) is 5.41 Å². The Bertz CT molecular complexity index is 1040. The van der Waals surface area contributed by atoms with Gasteiger partial charge in [0.25, 0.3) is 0 Å². The van der Waals surface area contributed by atoms with Gasteiger partial charge in [-0.2, -0.15) is 0 Å². The molecule has 1 atom stereocenters. The van der Waals surface area contributed by atoms with Crippen LogP contribution in [0.15, 0.2) is 52.4 Å². The quantitative estimate of drug-likeness (QED) is 0.416. The lowest BCUT2D eigenvalue weighted by Crippen LogP contribution is -2.14. The zero-order chi connectivity index (χ0) is 21.0. The van der Waals surface area contributed by atoms with E-state index in [1.165, 1.54) is 18.9 Å². The number of nitrogens with one attached hydrogen (secondary N) is 3. The fraction of sp³-hybridized carbons (Fsp3) is 0.211. The van der Waals surface area contributed by atoms with Crippen molar-refractivity contribution in [3.8, 4) is 5.75 Å². The maximum Gasteiger partial charge on any atom is 0.145 e. The number of nitrogens with zero attached hydrogens (tertiary/aromatic N) is 2. The van der Waals surface area contributed by atoms with E-state index in [0.717, 1.165) is 0 Å². The Morgan fingerprint density at radius 3 is 2.76 bits per heavy atom. The number of nitrogen functional groups attached to an aromatic ring is 1. The molecule has 3 rings (SSSR count). The first-order valence-corrected chi connectivity index (χ1v) is 9.94. The highest BCUT2D eigenvalue weighted by atomic mass is 32.2. The van der Waals surface area contributed by atoms with E-state index >= 15 is 0 Å². The topological polar surface area (TPSA) is 139 Å². The molecule has 0 fully saturated rings. The van der Waals surface area contributed by atoms with Gasteiger partial charge in [-0.25, -0.2) is 18.9 Å². The van der Waals surface area contributed by atoms with Crippen molar-refractivity contribution in [1.82, 2.24) is 14.7 Å². The number of aromatic nitrogens is 2. The van der Waals surface area contributed by atoms with E-state index in [-0.39, 0.29) is 17.6 Å². The molecule has 3 aromatic rings. The molecule has 0 aliphatic heterocycles. The zero-order valence-electron chi connectivity index (χ0n) is 16.2. The van der Waals surface area contributed by atoms with Crippen LogP contribution in [0.3, 0.4) is 0 Å². The summed E-state index contributed by atoms with van der Waals surface area (Å²) in [7, 11) is 0.228. The molecule has 29 heavy (non-hydrogen) atoms. The second-order valence-electron chi connectivity index (χ2n) is 6.29. The molecule has 5 N–H and O–H groups in total. The predicted molar refractivity (Wildman–Crippen MR) is 112 cm³/mol. The second-order valence-corrected chi connectivity index (χ2v) is 7.71. The van der Waals surface area contributed by atoms with Crippen molar-refractivity contribution >= 4 is 34.0 Å². The molecule has 2 heterocycles. The molecule has 1 unspecified atom stereocenters. The van der Waals surface area contributed by atoms with Gasteiger partial charge in [0, 0.05) is 5.56 Å². The van der Waals surface area contributed by atoms with E-state index < -0.39 is 11.0 Å². The van der Waals surface area contributed by atoms with Crippen LogP contribution in [0, 0.1) is 5.41 Å². The van der Waals surface area contributed by atoms with Gasteiger partial charge in [0.1, 0.15) is 34.7 Å². The van der Waals surface area contributed by atoms with E-state index in [1.807, 2.05) is 13.8 Å². The summed E-state index contributed by atoms with van der Waals surface area (Å²) in [4.78, 5) is 8.82. The smallest absolute Gasteiger partial charge is 0.145 e. The molecule has 0 radical (unpaired) electrons. The number of benzene rings is 1.